The molecule has 0 unspecified atom stereocenters. The van der Waals surface area contributed by atoms with Crippen LogP contribution in [-0.2, 0) is 6.54 Å². The maximum absolute atomic E-state index is 11.2. The highest BCUT2D eigenvalue weighted by Crippen LogP contribution is 2.44. The Morgan fingerprint density at radius 2 is 2.06 bits per heavy atom. The molecule has 1 saturated carbocycles. The lowest BCUT2D eigenvalue weighted by atomic mass is 10.0. The van der Waals surface area contributed by atoms with Crippen LogP contribution in [0.2, 0.25) is 5.15 Å². The number of aromatic nitrogens is 6. The molecule has 0 radical (unpaired) electrons. The first-order valence-electron chi connectivity index (χ1n) is 10.7. The van der Waals surface area contributed by atoms with E-state index in [9.17, 15) is 4.79 Å². The van der Waals surface area contributed by atoms with E-state index in [1.165, 1.54) is 0 Å². The third-order valence-corrected chi connectivity index (χ3v) is 6.88. The average Bonchev–Trinajstić information content (AvgIpc) is 3.32. The Hall–Kier alpha value is -3.70. The van der Waals surface area contributed by atoms with Crippen molar-refractivity contribution in [3.05, 3.63) is 63.5 Å². The predicted octanol–water partition coefficient (Wildman–Crippen LogP) is 5.87. The van der Waals surface area contributed by atoms with E-state index >= 15 is 0 Å². The van der Waals surface area contributed by atoms with Gasteiger partial charge in [-0.2, -0.15) is 0 Å². The van der Waals surface area contributed by atoms with Crippen LogP contribution in [-0.4, -0.2) is 41.4 Å². The SMILES string of the molecule is O=C(O)Oc1c(Cl)nc(C2CC2)n1Cc1ccc2oc(-c3ccccc3-c3nnn[nH]3)c(Br)c2c1. The van der Waals surface area contributed by atoms with Crippen molar-refractivity contribution in [2.45, 2.75) is 25.3 Å². The number of carbonyl (C=O) groups is 1. The zero-order valence-corrected chi connectivity index (χ0v) is 20.2. The number of hydrogen-bond acceptors (Lipinski definition) is 7. The molecule has 176 valence electrons. The molecule has 0 amide bonds. The highest BCUT2D eigenvalue weighted by molar-refractivity contribution is 9.10. The van der Waals surface area contributed by atoms with Crippen molar-refractivity contribution in [3.8, 4) is 28.6 Å². The Bertz CT molecular complexity index is 1570. The molecule has 2 aromatic carbocycles. The van der Waals surface area contributed by atoms with E-state index in [1.807, 2.05) is 42.5 Å². The lowest BCUT2D eigenvalue weighted by Gasteiger charge is -2.11. The van der Waals surface area contributed by atoms with Gasteiger partial charge in [-0.15, -0.1) is 5.10 Å². The summed E-state index contributed by atoms with van der Waals surface area (Å²) in [6.45, 7) is 0.345. The molecule has 1 aliphatic carbocycles. The van der Waals surface area contributed by atoms with Crippen LogP contribution in [0.15, 0.2) is 51.4 Å². The molecule has 6 rings (SSSR count). The summed E-state index contributed by atoms with van der Waals surface area (Å²) in [6, 6.07) is 13.5. The lowest BCUT2D eigenvalue weighted by molar-refractivity contribution is 0.140. The molecule has 0 aliphatic heterocycles. The fraction of sp³-hybridized carbons (Fsp3) is 0.174. The number of H-pyrrole nitrogens is 1. The number of ether oxygens (including phenoxy) is 1. The maximum atomic E-state index is 11.2. The van der Waals surface area contributed by atoms with Crippen molar-refractivity contribution < 1.29 is 19.1 Å². The molecule has 3 aromatic heterocycles. The largest absolute Gasteiger partial charge is 0.512 e. The minimum absolute atomic E-state index is 0.0303. The van der Waals surface area contributed by atoms with Crippen LogP contribution in [0.25, 0.3) is 33.7 Å². The van der Waals surface area contributed by atoms with Gasteiger partial charge >= 0.3 is 6.16 Å². The third kappa shape index (κ3) is 3.96. The van der Waals surface area contributed by atoms with Gasteiger partial charge in [-0.1, -0.05) is 41.9 Å². The second-order valence-corrected chi connectivity index (χ2v) is 9.32. The van der Waals surface area contributed by atoms with Gasteiger partial charge in [0.25, 0.3) is 0 Å². The monoisotopic (exact) mass is 554 g/mol. The summed E-state index contributed by atoms with van der Waals surface area (Å²) in [5.41, 5.74) is 3.22. The third-order valence-electron chi connectivity index (χ3n) is 5.84. The molecule has 0 atom stereocenters. The summed E-state index contributed by atoms with van der Waals surface area (Å²) in [5, 5.41) is 24.2. The van der Waals surface area contributed by atoms with Crippen molar-refractivity contribution in [1.82, 2.24) is 30.2 Å². The zero-order chi connectivity index (χ0) is 24.1. The fourth-order valence-corrected chi connectivity index (χ4v) is 4.97. The van der Waals surface area contributed by atoms with Crippen molar-refractivity contribution in [2.75, 3.05) is 0 Å². The number of benzene rings is 2. The lowest BCUT2D eigenvalue weighted by Crippen LogP contribution is -2.11. The molecular formula is C23H16BrClN6O4. The molecule has 0 spiro atoms. The number of nitrogens with one attached hydrogen (secondary N) is 1. The summed E-state index contributed by atoms with van der Waals surface area (Å²) >= 11 is 9.93. The van der Waals surface area contributed by atoms with E-state index in [-0.39, 0.29) is 17.0 Å². The molecular weight excluding hydrogens is 540 g/mol. The molecule has 12 heteroatoms. The van der Waals surface area contributed by atoms with Crippen LogP contribution < -0.4 is 4.74 Å². The van der Waals surface area contributed by atoms with Gasteiger partial charge in [0.1, 0.15) is 17.2 Å². The summed E-state index contributed by atoms with van der Waals surface area (Å²) in [5.74, 6) is 2.18. The van der Waals surface area contributed by atoms with E-state index in [0.717, 1.165) is 45.2 Å². The number of rotatable bonds is 6. The van der Waals surface area contributed by atoms with Gasteiger partial charge in [-0.25, -0.2) is 14.9 Å². The van der Waals surface area contributed by atoms with Crippen LogP contribution >= 0.6 is 27.5 Å². The van der Waals surface area contributed by atoms with E-state index in [1.54, 1.807) is 4.57 Å². The molecule has 1 fully saturated rings. The van der Waals surface area contributed by atoms with Crippen molar-refractivity contribution in [2.24, 2.45) is 0 Å². The van der Waals surface area contributed by atoms with Gasteiger partial charge < -0.3 is 14.3 Å². The number of aromatic amines is 1. The minimum atomic E-state index is -1.44. The van der Waals surface area contributed by atoms with E-state index in [2.05, 4.69) is 41.5 Å². The quantitative estimate of drug-likeness (QED) is 0.248. The molecule has 5 aromatic rings. The first kappa shape index (κ1) is 21.8. The van der Waals surface area contributed by atoms with Gasteiger partial charge in [0, 0.05) is 22.4 Å². The van der Waals surface area contributed by atoms with Gasteiger partial charge in [-0.3, -0.25) is 4.57 Å². The minimum Gasteiger partial charge on any atom is -0.455 e. The van der Waals surface area contributed by atoms with Crippen molar-refractivity contribution >= 4 is 44.7 Å². The highest BCUT2D eigenvalue weighted by Gasteiger charge is 2.32. The van der Waals surface area contributed by atoms with Crippen LogP contribution in [0.5, 0.6) is 5.88 Å². The van der Waals surface area contributed by atoms with Crippen molar-refractivity contribution in [3.63, 3.8) is 0 Å². The van der Waals surface area contributed by atoms with Crippen LogP contribution in [0, 0.1) is 0 Å². The fourth-order valence-electron chi connectivity index (χ4n) is 4.14. The smallest absolute Gasteiger partial charge is 0.455 e. The summed E-state index contributed by atoms with van der Waals surface area (Å²) in [6.07, 6.45) is 0.527. The second-order valence-electron chi connectivity index (χ2n) is 8.17. The molecule has 3 heterocycles. The zero-order valence-electron chi connectivity index (χ0n) is 17.9. The van der Waals surface area contributed by atoms with E-state index < -0.39 is 6.16 Å². The van der Waals surface area contributed by atoms with Crippen LogP contribution in [0.3, 0.4) is 0 Å². The summed E-state index contributed by atoms with van der Waals surface area (Å²) < 4.78 is 13.7. The first-order valence-corrected chi connectivity index (χ1v) is 11.9. The number of imidazole rings is 1. The summed E-state index contributed by atoms with van der Waals surface area (Å²) in [7, 11) is 0. The molecule has 10 nitrogen and oxygen atoms in total. The van der Waals surface area contributed by atoms with Crippen LogP contribution in [0.4, 0.5) is 4.79 Å². The molecule has 2 N–H and O–H groups in total. The van der Waals surface area contributed by atoms with Gasteiger partial charge in [0.15, 0.2) is 11.0 Å². The number of halogens is 2. The van der Waals surface area contributed by atoms with Gasteiger partial charge in [-0.05, 0) is 56.9 Å². The molecule has 1 aliphatic rings. The standard InChI is InChI=1S/C23H16BrClN6O4/c24-17-15-9-11(10-31-21(12-6-7-12)26-19(25)22(31)35-23(32)33)5-8-16(15)34-18(17)13-3-1-2-4-14(13)20-27-29-30-28-20/h1-5,8-9,12H,6-7,10H2,(H,32,33)(H,27,28,29,30). The average molecular weight is 556 g/mol. The number of nitrogens with zero attached hydrogens (tertiary/aromatic N) is 5. The Labute approximate surface area is 211 Å². The van der Waals surface area contributed by atoms with Crippen LogP contribution in [0.1, 0.15) is 30.1 Å². The Kier molecular flexibility index (Phi) is 5.30. The second kappa shape index (κ2) is 8.51. The Morgan fingerprint density at radius 3 is 2.77 bits per heavy atom. The normalized spacial score (nSPS) is 13.4. The maximum Gasteiger partial charge on any atom is 0.512 e. The number of carboxylic acid groups (broad SMARTS) is 1. The number of hydrogen-bond donors (Lipinski definition) is 2. The number of tetrazole rings is 1. The number of furan rings is 1. The number of fused-ring (bicyclic) bond motifs is 1. The van der Waals surface area contributed by atoms with Crippen molar-refractivity contribution in [1.29, 1.82) is 0 Å². The van der Waals surface area contributed by atoms with Gasteiger partial charge in [0.05, 0.1) is 11.0 Å². The molecule has 0 bridgehead atoms. The van der Waals surface area contributed by atoms with E-state index in [0.29, 0.717) is 23.7 Å². The predicted molar refractivity (Wildman–Crippen MR) is 129 cm³/mol. The highest BCUT2D eigenvalue weighted by atomic mass is 79.9. The Morgan fingerprint density at radius 1 is 1.26 bits per heavy atom. The Balaban J connectivity index is 1.41. The molecule has 0 saturated heterocycles. The summed E-state index contributed by atoms with van der Waals surface area (Å²) in [4.78, 5) is 15.6. The van der Waals surface area contributed by atoms with E-state index in [4.69, 9.17) is 25.9 Å². The van der Waals surface area contributed by atoms with Gasteiger partial charge in [0.2, 0.25) is 5.88 Å². The first-order chi connectivity index (χ1) is 17.0. The molecule has 35 heavy (non-hydrogen) atoms. The topological polar surface area (TPSA) is 132 Å².